The van der Waals surface area contributed by atoms with E-state index in [-0.39, 0.29) is 12.5 Å². The Morgan fingerprint density at radius 3 is 2.52 bits per heavy atom. The second-order valence-electron chi connectivity index (χ2n) is 8.18. The first-order valence-electron chi connectivity index (χ1n) is 10.00. The SMILES string of the molecule is Cc1ccc(-c2ccc3c(c2)CNC3=O)c(OCC2(OC(=O)CC(F)(F)F)CC2)c1C. The molecule has 1 aliphatic carbocycles. The molecule has 0 spiro atoms. The van der Waals surface area contributed by atoms with Crippen molar-refractivity contribution in [1.29, 1.82) is 0 Å². The van der Waals surface area contributed by atoms with Crippen LogP contribution in [0.25, 0.3) is 11.1 Å². The molecule has 1 amide bonds. The van der Waals surface area contributed by atoms with Crippen LogP contribution in [-0.2, 0) is 16.1 Å². The third-order valence-corrected chi connectivity index (χ3v) is 5.74. The molecule has 1 fully saturated rings. The van der Waals surface area contributed by atoms with Gasteiger partial charge in [0.25, 0.3) is 5.91 Å². The zero-order valence-electron chi connectivity index (χ0n) is 17.2. The van der Waals surface area contributed by atoms with Gasteiger partial charge in [-0.25, -0.2) is 0 Å². The number of amides is 1. The summed E-state index contributed by atoms with van der Waals surface area (Å²) in [5.74, 6) is -0.796. The Bertz CT molecular complexity index is 1060. The van der Waals surface area contributed by atoms with Crippen molar-refractivity contribution >= 4 is 11.9 Å². The summed E-state index contributed by atoms with van der Waals surface area (Å²) in [5, 5.41) is 2.79. The number of carbonyl (C=O) groups excluding carboxylic acids is 2. The monoisotopic (exact) mass is 433 g/mol. The van der Waals surface area contributed by atoms with E-state index in [1.54, 1.807) is 6.07 Å². The van der Waals surface area contributed by atoms with Crippen molar-refractivity contribution in [3.8, 4) is 16.9 Å². The molecule has 1 aliphatic heterocycles. The molecule has 0 unspecified atom stereocenters. The fraction of sp³-hybridized carbons (Fsp3) is 0.391. The van der Waals surface area contributed by atoms with Gasteiger partial charge in [-0.3, -0.25) is 9.59 Å². The van der Waals surface area contributed by atoms with Crippen molar-refractivity contribution in [2.45, 2.75) is 51.4 Å². The van der Waals surface area contributed by atoms with Gasteiger partial charge in [0, 0.05) is 17.7 Å². The number of esters is 1. The number of aryl methyl sites for hydroxylation is 1. The van der Waals surface area contributed by atoms with E-state index < -0.39 is 24.2 Å². The third kappa shape index (κ3) is 4.52. The van der Waals surface area contributed by atoms with Gasteiger partial charge in [0.2, 0.25) is 0 Å². The van der Waals surface area contributed by atoms with Crippen molar-refractivity contribution < 1.29 is 32.2 Å². The van der Waals surface area contributed by atoms with E-state index in [0.29, 0.717) is 30.7 Å². The van der Waals surface area contributed by atoms with Gasteiger partial charge < -0.3 is 14.8 Å². The van der Waals surface area contributed by atoms with Gasteiger partial charge in [0.1, 0.15) is 24.4 Å². The summed E-state index contributed by atoms with van der Waals surface area (Å²) < 4.78 is 48.5. The van der Waals surface area contributed by atoms with Gasteiger partial charge >= 0.3 is 12.1 Å². The molecule has 1 heterocycles. The summed E-state index contributed by atoms with van der Waals surface area (Å²) in [6.07, 6.45) is -5.28. The summed E-state index contributed by atoms with van der Waals surface area (Å²) in [7, 11) is 0. The molecule has 0 radical (unpaired) electrons. The van der Waals surface area contributed by atoms with Crippen molar-refractivity contribution in [1.82, 2.24) is 5.32 Å². The quantitative estimate of drug-likeness (QED) is 0.676. The van der Waals surface area contributed by atoms with Crippen molar-refractivity contribution in [2.24, 2.45) is 0 Å². The Balaban J connectivity index is 1.56. The van der Waals surface area contributed by atoms with Crippen LogP contribution in [0.2, 0.25) is 0 Å². The minimum absolute atomic E-state index is 0.0150. The highest BCUT2D eigenvalue weighted by atomic mass is 19.4. The van der Waals surface area contributed by atoms with E-state index in [0.717, 1.165) is 27.8 Å². The molecular weight excluding hydrogens is 411 g/mol. The average Bonchev–Trinajstić information content (AvgIpc) is 3.34. The van der Waals surface area contributed by atoms with Crippen molar-refractivity contribution in [2.75, 3.05) is 6.61 Å². The summed E-state index contributed by atoms with van der Waals surface area (Å²) in [5.41, 5.74) is 4.09. The summed E-state index contributed by atoms with van der Waals surface area (Å²) in [4.78, 5) is 23.5. The standard InChI is InChI=1S/C23H22F3NO4/c1-13-3-5-17(15-4-6-18-16(9-15)11-27-21(18)29)20(14(13)2)30-12-22(7-8-22)31-19(28)10-23(24,25)26/h3-6,9H,7-8,10-12H2,1-2H3,(H,27,29). The van der Waals surface area contributed by atoms with E-state index in [1.807, 2.05) is 38.1 Å². The van der Waals surface area contributed by atoms with Gasteiger partial charge in [-0.15, -0.1) is 0 Å². The number of nitrogens with one attached hydrogen (secondary N) is 1. The van der Waals surface area contributed by atoms with Gasteiger partial charge in [-0.1, -0.05) is 18.2 Å². The lowest BCUT2D eigenvalue weighted by molar-refractivity contribution is -0.178. The smallest absolute Gasteiger partial charge is 0.399 e. The molecule has 4 rings (SSSR count). The first-order valence-corrected chi connectivity index (χ1v) is 10.00. The molecule has 5 nitrogen and oxygen atoms in total. The zero-order valence-corrected chi connectivity index (χ0v) is 17.2. The summed E-state index contributed by atoms with van der Waals surface area (Å²) in [6.45, 7) is 4.29. The maximum Gasteiger partial charge on any atom is 0.399 e. The van der Waals surface area contributed by atoms with Crippen LogP contribution in [0.15, 0.2) is 30.3 Å². The molecular formula is C23H22F3NO4. The van der Waals surface area contributed by atoms with Crippen LogP contribution < -0.4 is 10.1 Å². The molecule has 164 valence electrons. The van der Waals surface area contributed by atoms with E-state index >= 15 is 0 Å². The molecule has 8 heteroatoms. The molecule has 2 aliphatic rings. The molecule has 2 aromatic rings. The molecule has 0 saturated heterocycles. The number of halogens is 3. The van der Waals surface area contributed by atoms with Crippen molar-refractivity contribution in [3.05, 3.63) is 52.6 Å². The number of alkyl halides is 3. The predicted molar refractivity (Wildman–Crippen MR) is 107 cm³/mol. The Morgan fingerprint density at radius 1 is 1.13 bits per heavy atom. The number of carbonyl (C=O) groups is 2. The number of benzene rings is 2. The van der Waals surface area contributed by atoms with Crippen LogP contribution in [0.5, 0.6) is 5.75 Å². The number of hydrogen-bond acceptors (Lipinski definition) is 4. The molecule has 0 bridgehead atoms. The summed E-state index contributed by atoms with van der Waals surface area (Å²) in [6, 6.07) is 9.42. The lowest BCUT2D eigenvalue weighted by atomic mass is 9.96. The Morgan fingerprint density at radius 2 is 1.84 bits per heavy atom. The second kappa shape index (κ2) is 7.59. The minimum atomic E-state index is -4.60. The van der Waals surface area contributed by atoms with E-state index in [4.69, 9.17) is 9.47 Å². The molecule has 0 aromatic heterocycles. The van der Waals surface area contributed by atoms with E-state index in [1.165, 1.54) is 0 Å². The fourth-order valence-corrected chi connectivity index (χ4v) is 3.66. The number of hydrogen-bond donors (Lipinski definition) is 1. The number of rotatable bonds is 6. The molecule has 2 aromatic carbocycles. The number of fused-ring (bicyclic) bond motifs is 1. The molecule has 1 saturated carbocycles. The highest BCUT2D eigenvalue weighted by molar-refractivity contribution is 5.99. The molecule has 31 heavy (non-hydrogen) atoms. The molecule has 0 atom stereocenters. The van der Waals surface area contributed by atoms with Crippen LogP contribution in [-0.4, -0.2) is 30.3 Å². The van der Waals surface area contributed by atoms with Crippen LogP contribution in [0, 0.1) is 13.8 Å². The van der Waals surface area contributed by atoms with Crippen molar-refractivity contribution in [3.63, 3.8) is 0 Å². The highest BCUT2D eigenvalue weighted by Gasteiger charge is 2.49. The van der Waals surface area contributed by atoms with Crippen LogP contribution in [0.1, 0.15) is 46.3 Å². The topological polar surface area (TPSA) is 64.6 Å². The zero-order chi connectivity index (χ0) is 22.4. The fourth-order valence-electron chi connectivity index (χ4n) is 3.66. The summed E-state index contributed by atoms with van der Waals surface area (Å²) >= 11 is 0. The first-order chi connectivity index (χ1) is 14.6. The lowest BCUT2D eigenvalue weighted by Gasteiger charge is -2.21. The van der Waals surface area contributed by atoms with Gasteiger partial charge in [0.15, 0.2) is 0 Å². The normalized spacial score (nSPS) is 16.5. The van der Waals surface area contributed by atoms with Gasteiger partial charge in [-0.05, 0) is 61.1 Å². The second-order valence-corrected chi connectivity index (χ2v) is 8.18. The first kappa shape index (κ1) is 21.2. The van der Waals surface area contributed by atoms with Gasteiger partial charge in [-0.2, -0.15) is 13.2 Å². The van der Waals surface area contributed by atoms with Crippen LogP contribution >= 0.6 is 0 Å². The maximum absolute atomic E-state index is 12.5. The van der Waals surface area contributed by atoms with E-state index in [9.17, 15) is 22.8 Å². The van der Waals surface area contributed by atoms with Gasteiger partial charge in [0.05, 0.1) is 0 Å². The average molecular weight is 433 g/mol. The number of ether oxygens (including phenoxy) is 2. The molecule has 1 N–H and O–H groups in total. The van der Waals surface area contributed by atoms with Crippen LogP contribution in [0.4, 0.5) is 13.2 Å². The Labute approximate surface area is 177 Å². The Hall–Kier alpha value is -3.03. The maximum atomic E-state index is 12.5. The minimum Gasteiger partial charge on any atom is -0.488 e. The van der Waals surface area contributed by atoms with Crippen LogP contribution in [0.3, 0.4) is 0 Å². The van der Waals surface area contributed by atoms with E-state index in [2.05, 4.69) is 5.32 Å². The largest absolute Gasteiger partial charge is 0.488 e. The Kier molecular flexibility index (Phi) is 5.19. The highest BCUT2D eigenvalue weighted by Crippen LogP contribution is 2.43. The third-order valence-electron chi connectivity index (χ3n) is 5.74. The predicted octanol–water partition coefficient (Wildman–Crippen LogP) is 4.62. The lowest BCUT2D eigenvalue weighted by Crippen LogP contribution is -2.29.